The standard InChI is InChI=1S/C11H11IN4/c1-7-10(13)14-6-15-11(7)16-9-4-2-3-8(12)5-9/h2-6H,1H3,(H3,13,14,15,16). The molecule has 0 saturated carbocycles. The van der Waals surface area contributed by atoms with Gasteiger partial charge in [-0.2, -0.15) is 0 Å². The van der Waals surface area contributed by atoms with E-state index in [1.54, 1.807) is 0 Å². The fraction of sp³-hybridized carbons (Fsp3) is 0.0909. The highest BCUT2D eigenvalue weighted by atomic mass is 127. The normalized spacial score (nSPS) is 10.1. The number of anilines is 3. The second-order valence-corrected chi connectivity index (χ2v) is 4.61. The van der Waals surface area contributed by atoms with E-state index in [1.807, 2.05) is 31.2 Å². The maximum Gasteiger partial charge on any atom is 0.138 e. The molecule has 4 nitrogen and oxygen atoms in total. The molecule has 0 unspecified atom stereocenters. The number of hydrogen-bond acceptors (Lipinski definition) is 4. The number of nitrogen functional groups attached to an aromatic ring is 1. The lowest BCUT2D eigenvalue weighted by Crippen LogP contribution is -2.01. The zero-order valence-corrected chi connectivity index (χ0v) is 10.9. The van der Waals surface area contributed by atoms with Gasteiger partial charge in [0.25, 0.3) is 0 Å². The minimum atomic E-state index is 0.503. The van der Waals surface area contributed by atoms with Gasteiger partial charge in [0.2, 0.25) is 0 Å². The van der Waals surface area contributed by atoms with E-state index in [4.69, 9.17) is 5.73 Å². The van der Waals surface area contributed by atoms with Crippen LogP contribution in [0.15, 0.2) is 30.6 Å². The Hall–Kier alpha value is -1.37. The first-order chi connectivity index (χ1) is 7.66. The molecule has 0 amide bonds. The van der Waals surface area contributed by atoms with Gasteiger partial charge in [0, 0.05) is 14.8 Å². The van der Waals surface area contributed by atoms with Gasteiger partial charge in [-0.3, -0.25) is 0 Å². The Morgan fingerprint density at radius 1 is 1.31 bits per heavy atom. The number of nitrogens with two attached hydrogens (primary N) is 1. The lowest BCUT2D eigenvalue weighted by atomic mass is 10.3. The Labute approximate surface area is 107 Å². The lowest BCUT2D eigenvalue weighted by molar-refractivity contribution is 1.14. The molecule has 0 aliphatic rings. The molecule has 5 heteroatoms. The second kappa shape index (κ2) is 4.65. The van der Waals surface area contributed by atoms with Crippen LogP contribution < -0.4 is 11.1 Å². The number of hydrogen-bond donors (Lipinski definition) is 2. The molecule has 16 heavy (non-hydrogen) atoms. The summed E-state index contributed by atoms with van der Waals surface area (Å²) in [5.74, 6) is 1.25. The van der Waals surface area contributed by atoms with Crippen molar-refractivity contribution >= 4 is 39.9 Å². The van der Waals surface area contributed by atoms with Crippen LogP contribution in [0.3, 0.4) is 0 Å². The van der Waals surface area contributed by atoms with Crippen LogP contribution in [0.2, 0.25) is 0 Å². The number of aromatic nitrogens is 2. The Bertz CT molecular complexity index is 513. The van der Waals surface area contributed by atoms with Gasteiger partial charge in [-0.25, -0.2) is 9.97 Å². The third-order valence-electron chi connectivity index (χ3n) is 2.21. The van der Waals surface area contributed by atoms with Crippen LogP contribution in [-0.4, -0.2) is 9.97 Å². The summed E-state index contributed by atoms with van der Waals surface area (Å²) in [6, 6.07) is 8.05. The van der Waals surface area contributed by atoms with Crippen molar-refractivity contribution in [2.24, 2.45) is 0 Å². The fourth-order valence-corrected chi connectivity index (χ4v) is 1.84. The summed E-state index contributed by atoms with van der Waals surface area (Å²) in [6.07, 6.45) is 1.46. The molecule has 2 rings (SSSR count). The van der Waals surface area contributed by atoms with E-state index in [2.05, 4.69) is 37.9 Å². The molecular formula is C11H11IN4. The molecule has 0 aliphatic carbocycles. The van der Waals surface area contributed by atoms with Crippen LogP contribution in [0.1, 0.15) is 5.56 Å². The minimum Gasteiger partial charge on any atom is -0.383 e. The fourth-order valence-electron chi connectivity index (χ4n) is 1.29. The average Bonchev–Trinajstić information content (AvgIpc) is 2.25. The van der Waals surface area contributed by atoms with Gasteiger partial charge >= 0.3 is 0 Å². The van der Waals surface area contributed by atoms with Gasteiger partial charge in [-0.1, -0.05) is 6.07 Å². The first kappa shape index (κ1) is 11.1. The van der Waals surface area contributed by atoms with Gasteiger partial charge in [0.1, 0.15) is 18.0 Å². The summed E-state index contributed by atoms with van der Waals surface area (Å²) in [6.45, 7) is 1.89. The summed E-state index contributed by atoms with van der Waals surface area (Å²) < 4.78 is 1.17. The second-order valence-electron chi connectivity index (χ2n) is 3.37. The van der Waals surface area contributed by atoms with E-state index >= 15 is 0 Å². The van der Waals surface area contributed by atoms with Gasteiger partial charge in [0.05, 0.1) is 0 Å². The van der Waals surface area contributed by atoms with E-state index in [-0.39, 0.29) is 0 Å². The Morgan fingerprint density at radius 2 is 2.12 bits per heavy atom. The van der Waals surface area contributed by atoms with Crippen LogP contribution in [-0.2, 0) is 0 Å². The third-order valence-corrected chi connectivity index (χ3v) is 2.88. The molecule has 0 bridgehead atoms. The highest BCUT2D eigenvalue weighted by Gasteiger charge is 2.04. The third kappa shape index (κ3) is 2.41. The van der Waals surface area contributed by atoms with Gasteiger partial charge in [-0.15, -0.1) is 0 Å². The molecule has 1 aromatic heterocycles. The average molecular weight is 326 g/mol. The quantitative estimate of drug-likeness (QED) is 0.833. The van der Waals surface area contributed by atoms with Crippen molar-refractivity contribution in [2.45, 2.75) is 6.92 Å². The number of nitrogens with one attached hydrogen (secondary N) is 1. The van der Waals surface area contributed by atoms with E-state index in [0.717, 1.165) is 17.1 Å². The molecule has 2 aromatic rings. The zero-order valence-electron chi connectivity index (χ0n) is 8.74. The van der Waals surface area contributed by atoms with E-state index in [1.165, 1.54) is 9.90 Å². The van der Waals surface area contributed by atoms with Crippen molar-refractivity contribution in [1.29, 1.82) is 0 Å². The smallest absolute Gasteiger partial charge is 0.138 e. The first-order valence-corrected chi connectivity index (χ1v) is 5.84. The number of rotatable bonds is 2. The molecule has 0 aliphatic heterocycles. The largest absolute Gasteiger partial charge is 0.383 e. The molecule has 1 aromatic carbocycles. The molecular weight excluding hydrogens is 315 g/mol. The van der Waals surface area contributed by atoms with E-state index < -0.39 is 0 Å². The summed E-state index contributed by atoms with van der Waals surface area (Å²) >= 11 is 2.27. The van der Waals surface area contributed by atoms with Gasteiger partial charge < -0.3 is 11.1 Å². The summed E-state index contributed by atoms with van der Waals surface area (Å²) in [5, 5.41) is 3.22. The minimum absolute atomic E-state index is 0.503. The van der Waals surface area contributed by atoms with Crippen molar-refractivity contribution < 1.29 is 0 Å². The SMILES string of the molecule is Cc1c(N)ncnc1Nc1cccc(I)c1. The van der Waals surface area contributed by atoms with Gasteiger partial charge in [-0.05, 0) is 47.7 Å². The predicted octanol–water partition coefficient (Wildman–Crippen LogP) is 2.72. The number of halogens is 1. The highest BCUT2D eigenvalue weighted by Crippen LogP contribution is 2.21. The van der Waals surface area contributed by atoms with Crippen molar-refractivity contribution in [3.8, 4) is 0 Å². The van der Waals surface area contributed by atoms with Crippen molar-refractivity contribution in [3.63, 3.8) is 0 Å². The monoisotopic (exact) mass is 326 g/mol. The van der Waals surface area contributed by atoms with Crippen molar-refractivity contribution in [1.82, 2.24) is 9.97 Å². The maximum atomic E-state index is 5.71. The maximum absolute atomic E-state index is 5.71. The van der Waals surface area contributed by atoms with Crippen LogP contribution in [0, 0.1) is 10.5 Å². The number of nitrogens with zero attached hydrogens (tertiary/aromatic N) is 2. The van der Waals surface area contributed by atoms with Gasteiger partial charge in [0.15, 0.2) is 0 Å². The molecule has 0 atom stereocenters. The lowest BCUT2D eigenvalue weighted by Gasteiger charge is -2.09. The molecule has 1 heterocycles. The summed E-state index contributed by atoms with van der Waals surface area (Å²) in [4.78, 5) is 8.08. The molecule has 0 fully saturated rings. The zero-order chi connectivity index (χ0) is 11.5. The molecule has 3 N–H and O–H groups in total. The van der Waals surface area contributed by atoms with Crippen LogP contribution in [0.4, 0.5) is 17.3 Å². The molecule has 0 saturated heterocycles. The van der Waals surface area contributed by atoms with E-state index in [0.29, 0.717) is 5.82 Å². The topological polar surface area (TPSA) is 63.8 Å². The van der Waals surface area contributed by atoms with Crippen molar-refractivity contribution in [3.05, 3.63) is 39.7 Å². The molecule has 0 spiro atoms. The van der Waals surface area contributed by atoms with Crippen LogP contribution in [0.25, 0.3) is 0 Å². The van der Waals surface area contributed by atoms with Crippen molar-refractivity contribution in [2.75, 3.05) is 11.1 Å². The van der Waals surface area contributed by atoms with E-state index in [9.17, 15) is 0 Å². The summed E-state index contributed by atoms with van der Waals surface area (Å²) in [7, 11) is 0. The molecule has 82 valence electrons. The highest BCUT2D eigenvalue weighted by molar-refractivity contribution is 14.1. The van der Waals surface area contributed by atoms with Crippen LogP contribution in [0.5, 0.6) is 0 Å². The molecule has 0 radical (unpaired) electrons. The summed E-state index contributed by atoms with van der Waals surface area (Å²) in [5.41, 5.74) is 7.57. The first-order valence-electron chi connectivity index (χ1n) is 4.76. The Morgan fingerprint density at radius 3 is 2.88 bits per heavy atom. The Balaban J connectivity index is 2.31. The Kier molecular flexibility index (Phi) is 3.23. The van der Waals surface area contributed by atoms with Crippen LogP contribution >= 0.6 is 22.6 Å². The predicted molar refractivity (Wildman–Crippen MR) is 73.6 cm³/mol. The number of benzene rings is 1.